The Morgan fingerprint density at radius 1 is 0.639 bits per heavy atom. The molecule has 2 aromatic rings. The molecule has 0 N–H and O–H groups in total. The van der Waals surface area contributed by atoms with E-state index < -0.39 is 18.2 Å². The third kappa shape index (κ3) is 5.33. The summed E-state index contributed by atoms with van der Waals surface area (Å²) < 4.78 is 15.0. The van der Waals surface area contributed by atoms with Crippen LogP contribution in [-0.2, 0) is 15.4 Å². The number of benzene rings is 2. The second kappa shape index (κ2) is 10.1. The number of aryl methyl sites for hydroxylation is 4. The van der Waals surface area contributed by atoms with Crippen LogP contribution in [0.25, 0.3) is 0 Å². The summed E-state index contributed by atoms with van der Waals surface area (Å²) in [7, 11) is -3.92. The molecule has 0 unspecified atom stereocenters. The number of hydrogen-bond acceptors (Lipinski definition) is 3. The van der Waals surface area contributed by atoms with Gasteiger partial charge in [-0.15, -0.1) is 0 Å². The number of rotatable bonds is 5. The van der Waals surface area contributed by atoms with Gasteiger partial charge in [-0.2, -0.15) is 0 Å². The summed E-state index contributed by atoms with van der Waals surface area (Å²) in [5, 5.41) is 0. The highest BCUT2D eigenvalue weighted by molar-refractivity contribution is 7.96. The van der Waals surface area contributed by atoms with Gasteiger partial charge in [0.2, 0.25) is 18.2 Å². The van der Waals surface area contributed by atoms with Crippen LogP contribution < -0.4 is 0 Å². The zero-order valence-corrected chi connectivity index (χ0v) is 25.0. The molecule has 1 saturated carbocycles. The van der Waals surface area contributed by atoms with Crippen LogP contribution >= 0.6 is 7.14 Å². The largest absolute Gasteiger partial charge is 0.306 e. The molecular weight excluding hydrogens is 463 g/mol. The molecule has 0 amide bonds. The van der Waals surface area contributed by atoms with Gasteiger partial charge in [0.15, 0.2) is 0 Å². The highest BCUT2D eigenvalue weighted by Crippen LogP contribution is 2.61. The minimum absolute atomic E-state index is 0.0665. The molecule has 1 fully saturated rings. The average molecular weight is 509 g/mol. The minimum Gasteiger partial charge on any atom is -0.306 e. The van der Waals surface area contributed by atoms with Crippen LogP contribution in [-0.4, -0.2) is 16.7 Å². The standard InChI is InChI=1S/C32H45O3P/c1-20-16-24(31(5,6)7)17-21(2)27(20)29(33)36(35,26-14-12-11-13-15-26)30(34)28-22(3)18-25(19-23(28)4)32(8,9)10/h16-19,26H,11-15H2,1-10H3. The lowest BCUT2D eigenvalue weighted by Gasteiger charge is -2.31. The molecule has 0 spiro atoms. The fraction of sp³-hybridized carbons (Fsp3) is 0.562. The molecule has 0 aromatic heterocycles. The van der Waals surface area contributed by atoms with Gasteiger partial charge in [-0.05, 0) is 84.7 Å². The van der Waals surface area contributed by atoms with Crippen LogP contribution in [0.3, 0.4) is 0 Å². The van der Waals surface area contributed by atoms with Gasteiger partial charge in [-0.1, -0.05) is 85.1 Å². The molecule has 2 aromatic carbocycles. The van der Waals surface area contributed by atoms with E-state index in [0.717, 1.165) is 52.6 Å². The number of carbonyl (C=O) groups excluding carboxylic acids is 2. The van der Waals surface area contributed by atoms with Gasteiger partial charge >= 0.3 is 0 Å². The van der Waals surface area contributed by atoms with Gasteiger partial charge in [0.1, 0.15) is 0 Å². The summed E-state index contributed by atoms with van der Waals surface area (Å²) in [5.74, 6) is 0. The molecule has 3 rings (SSSR count). The van der Waals surface area contributed by atoms with E-state index in [-0.39, 0.29) is 16.5 Å². The summed E-state index contributed by atoms with van der Waals surface area (Å²) in [4.78, 5) is 28.7. The fourth-order valence-electron chi connectivity index (χ4n) is 5.67. The molecule has 0 bridgehead atoms. The van der Waals surface area contributed by atoms with Crippen molar-refractivity contribution in [2.45, 2.75) is 118 Å². The molecule has 3 nitrogen and oxygen atoms in total. The Hall–Kier alpha value is -1.99. The van der Waals surface area contributed by atoms with Crippen molar-refractivity contribution in [3.05, 3.63) is 68.8 Å². The lowest BCUT2D eigenvalue weighted by atomic mass is 9.84. The van der Waals surface area contributed by atoms with E-state index in [4.69, 9.17) is 0 Å². The first-order valence-corrected chi connectivity index (χ1v) is 15.2. The second-order valence-corrected chi connectivity index (χ2v) is 15.9. The molecule has 1 aliphatic rings. The van der Waals surface area contributed by atoms with Crippen molar-refractivity contribution >= 4 is 18.2 Å². The third-order valence-corrected chi connectivity index (χ3v) is 11.1. The van der Waals surface area contributed by atoms with Gasteiger partial charge < -0.3 is 4.57 Å². The zero-order chi connectivity index (χ0) is 27.2. The highest BCUT2D eigenvalue weighted by Gasteiger charge is 2.49. The maximum absolute atomic E-state index is 15.0. The normalized spacial score (nSPS) is 15.7. The first-order valence-electron chi connectivity index (χ1n) is 13.4. The third-order valence-electron chi connectivity index (χ3n) is 7.92. The molecule has 196 valence electrons. The van der Waals surface area contributed by atoms with E-state index in [1.165, 1.54) is 0 Å². The van der Waals surface area contributed by atoms with Crippen LogP contribution in [0, 0.1) is 27.7 Å². The molecular formula is C32H45O3P. The van der Waals surface area contributed by atoms with Crippen molar-refractivity contribution in [1.29, 1.82) is 0 Å². The molecule has 0 radical (unpaired) electrons. The molecule has 0 aliphatic heterocycles. The second-order valence-electron chi connectivity index (χ2n) is 13.0. The molecule has 1 aliphatic carbocycles. The van der Waals surface area contributed by atoms with Crippen molar-refractivity contribution in [3.8, 4) is 0 Å². The Bertz CT molecular complexity index is 1100. The van der Waals surface area contributed by atoms with E-state index >= 15 is 4.57 Å². The van der Waals surface area contributed by atoms with E-state index in [2.05, 4.69) is 41.5 Å². The molecule has 36 heavy (non-hydrogen) atoms. The Morgan fingerprint density at radius 3 is 1.22 bits per heavy atom. The summed E-state index contributed by atoms with van der Waals surface area (Å²) in [6.07, 6.45) is 4.24. The van der Waals surface area contributed by atoms with Gasteiger partial charge in [0.25, 0.3) is 0 Å². The predicted molar refractivity (Wildman–Crippen MR) is 152 cm³/mol. The quantitative estimate of drug-likeness (QED) is 0.378. The highest BCUT2D eigenvalue weighted by atomic mass is 31.2. The average Bonchev–Trinajstić information content (AvgIpc) is 2.76. The minimum atomic E-state index is -3.92. The summed E-state index contributed by atoms with van der Waals surface area (Å²) in [6.45, 7) is 20.5. The first kappa shape index (κ1) is 28.6. The molecule has 0 heterocycles. The van der Waals surface area contributed by atoms with Crippen LogP contribution in [0.2, 0.25) is 0 Å². The van der Waals surface area contributed by atoms with Crippen molar-refractivity contribution in [2.75, 3.05) is 0 Å². The summed E-state index contributed by atoms with van der Waals surface area (Å²) in [6, 6.07) is 8.13. The SMILES string of the molecule is Cc1cc(C(C)(C)C)cc(C)c1C(=O)P(=O)(C(=O)c1c(C)cc(C(C)(C)C)cc1C)C1CCCCC1. The topological polar surface area (TPSA) is 51.2 Å². The fourth-order valence-corrected chi connectivity index (χ4v) is 8.98. The Labute approximate surface area is 218 Å². The van der Waals surface area contributed by atoms with E-state index in [0.29, 0.717) is 24.0 Å². The van der Waals surface area contributed by atoms with E-state index in [1.54, 1.807) is 0 Å². The smallest absolute Gasteiger partial charge is 0.229 e. The summed E-state index contributed by atoms with van der Waals surface area (Å²) >= 11 is 0. The predicted octanol–water partition coefficient (Wildman–Crippen LogP) is 9.19. The maximum atomic E-state index is 15.0. The van der Waals surface area contributed by atoms with Gasteiger partial charge in [0.05, 0.1) is 0 Å². The van der Waals surface area contributed by atoms with Crippen molar-refractivity contribution in [1.82, 2.24) is 0 Å². The van der Waals surface area contributed by atoms with Crippen LogP contribution in [0.5, 0.6) is 0 Å². The Balaban J connectivity index is 2.22. The monoisotopic (exact) mass is 508 g/mol. The van der Waals surface area contributed by atoms with Crippen molar-refractivity contribution in [2.24, 2.45) is 0 Å². The van der Waals surface area contributed by atoms with Gasteiger partial charge in [-0.3, -0.25) is 9.59 Å². The van der Waals surface area contributed by atoms with Crippen molar-refractivity contribution in [3.63, 3.8) is 0 Å². The van der Waals surface area contributed by atoms with E-state index in [1.807, 2.05) is 52.0 Å². The van der Waals surface area contributed by atoms with Crippen LogP contribution in [0.1, 0.15) is 128 Å². The van der Waals surface area contributed by atoms with Gasteiger partial charge in [-0.25, -0.2) is 0 Å². The molecule has 4 heteroatoms. The van der Waals surface area contributed by atoms with Crippen LogP contribution in [0.15, 0.2) is 24.3 Å². The lowest BCUT2D eigenvalue weighted by Crippen LogP contribution is -2.26. The summed E-state index contributed by atoms with van der Waals surface area (Å²) in [5.41, 5.74) is 5.08. The molecule has 0 atom stereocenters. The zero-order valence-electron chi connectivity index (χ0n) is 24.1. The van der Waals surface area contributed by atoms with E-state index in [9.17, 15) is 9.59 Å². The Morgan fingerprint density at radius 2 is 0.944 bits per heavy atom. The van der Waals surface area contributed by atoms with Gasteiger partial charge in [0, 0.05) is 16.8 Å². The van der Waals surface area contributed by atoms with Crippen molar-refractivity contribution < 1.29 is 14.2 Å². The lowest BCUT2D eigenvalue weighted by molar-refractivity contribution is 0.103. The van der Waals surface area contributed by atoms with Crippen LogP contribution in [0.4, 0.5) is 0 Å². The number of hydrogen-bond donors (Lipinski definition) is 0. The first-order chi connectivity index (χ1) is 16.5. The Kier molecular flexibility index (Phi) is 7.98. The molecule has 0 saturated heterocycles. The maximum Gasteiger partial charge on any atom is 0.229 e. The number of carbonyl (C=O) groups is 2.